The number of carbonyl (C=O) groups excluding carboxylic acids is 2. The number of methoxy groups -OCH3 is 2. The molecule has 1 amide bonds. The van der Waals surface area contributed by atoms with Crippen LogP contribution >= 0.6 is 0 Å². The van der Waals surface area contributed by atoms with Gasteiger partial charge in [0.1, 0.15) is 17.3 Å². The summed E-state index contributed by atoms with van der Waals surface area (Å²) in [5.41, 5.74) is 4.48. The molecule has 35 heavy (non-hydrogen) atoms. The van der Waals surface area contributed by atoms with Crippen molar-refractivity contribution in [2.24, 2.45) is 0 Å². The van der Waals surface area contributed by atoms with E-state index in [2.05, 4.69) is 6.92 Å². The van der Waals surface area contributed by atoms with Crippen molar-refractivity contribution in [2.75, 3.05) is 19.1 Å². The fourth-order valence-electron chi connectivity index (χ4n) is 4.64. The summed E-state index contributed by atoms with van der Waals surface area (Å²) in [7, 11) is 3.09. The van der Waals surface area contributed by atoms with Crippen LogP contribution in [0.4, 0.5) is 5.69 Å². The minimum atomic E-state index is -0.820. The number of nitrogens with zero attached hydrogens (tertiary/aromatic N) is 1. The average molecular weight is 472 g/mol. The molecule has 0 aliphatic carbocycles. The van der Waals surface area contributed by atoms with E-state index in [4.69, 9.17) is 9.47 Å². The van der Waals surface area contributed by atoms with Crippen molar-refractivity contribution in [1.82, 2.24) is 0 Å². The van der Waals surface area contributed by atoms with E-state index in [1.54, 1.807) is 37.4 Å². The predicted octanol–water partition coefficient (Wildman–Crippen LogP) is 5.51. The second-order valence-corrected chi connectivity index (χ2v) is 8.62. The van der Waals surface area contributed by atoms with E-state index in [9.17, 15) is 14.7 Å². The number of carbonyl (C=O) groups is 2. The number of aryl methyl sites for hydroxylation is 3. The Morgan fingerprint density at radius 1 is 0.943 bits per heavy atom. The second-order valence-electron chi connectivity index (χ2n) is 8.62. The molecule has 1 unspecified atom stereocenters. The van der Waals surface area contributed by atoms with Crippen LogP contribution in [0.15, 0.2) is 66.2 Å². The number of ketones is 1. The molecule has 1 heterocycles. The highest BCUT2D eigenvalue weighted by Gasteiger charge is 2.47. The Hall–Kier alpha value is -4.06. The summed E-state index contributed by atoms with van der Waals surface area (Å²) < 4.78 is 10.8. The molecule has 1 saturated heterocycles. The number of amides is 1. The minimum absolute atomic E-state index is 0.0167. The Bertz CT molecular complexity index is 1310. The lowest BCUT2D eigenvalue weighted by Crippen LogP contribution is -2.29. The predicted molar refractivity (Wildman–Crippen MR) is 136 cm³/mol. The van der Waals surface area contributed by atoms with Crippen LogP contribution in [0, 0.1) is 13.8 Å². The maximum atomic E-state index is 13.4. The highest BCUT2D eigenvalue weighted by atomic mass is 16.5. The third kappa shape index (κ3) is 4.28. The van der Waals surface area contributed by atoms with Gasteiger partial charge in [0.2, 0.25) is 0 Å². The van der Waals surface area contributed by atoms with Gasteiger partial charge in [0.25, 0.3) is 11.7 Å². The number of aliphatic hydroxyl groups excluding tert-OH is 1. The third-order valence-corrected chi connectivity index (χ3v) is 6.38. The van der Waals surface area contributed by atoms with Gasteiger partial charge in [-0.05, 0) is 72.9 Å². The number of rotatable bonds is 6. The van der Waals surface area contributed by atoms with Crippen LogP contribution < -0.4 is 14.4 Å². The number of aliphatic hydroxyl groups is 1. The maximum Gasteiger partial charge on any atom is 0.300 e. The summed E-state index contributed by atoms with van der Waals surface area (Å²) in [5.74, 6) is -0.599. The van der Waals surface area contributed by atoms with Gasteiger partial charge in [0, 0.05) is 5.69 Å². The van der Waals surface area contributed by atoms with E-state index in [-0.39, 0.29) is 11.3 Å². The van der Waals surface area contributed by atoms with Crippen molar-refractivity contribution in [1.29, 1.82) is 0 Å². The number of hydrogen-bond acceptors (Lipinski definition) is 5. The van der Waals surface area contributed by atoms with Gasteiger partial charge in [0.15, 0.2) is 0 Å². The lowest BCUT2D eigenvalue weighted by atomic mass is 9.93. The van der Waals surface area contributed by atoms with Crippen molar-refractivity contribution in [3.63, 3.8) is 0 Å². The Morgan fingerprint density at radius 3 is 2.17 bits per heavy atom. The molecule has 6 heteroatoms. The molecule has 1 atom stereocenters. The summed E-state index contributed by atoms with van der Waals surface area (Å²) in [5, 5.41) is 11.5. The molecular weight excluding hydrogens is 442 g/mol. The summed E-state index contributed by atoms with van der Waals surface area (Å²) in [6.45, 7) is 5.82. The molecule has 4 rings (SSSR count). The molecule has 0 spiro atoms. The van der Waals surface area contributed by atoms with E-state index in [1.165, 1.54) is 12.0 Å². The summed E-state index contributed by atoms with van der Waals surface area (Å²) in [4.78, 5) is 28.3. The fourth-order valence-corrected chi connectivity index (χ4v) is 4.64. The fraction of sp³-hybridized carbons (Fsp3) is 0.241. The van der Waals surface area contributed by atoms with Crippen molar-refractivity contribution < 1.29 is 24.2 Å². The molecule has 6 nitrogen and oxygen atoms in total. The van der Waals surface area contributed by atoms with E-state index in [0.29, 0.717) is 28.3 Å². The first kappa shape index (κ1) is 24.1. The Morgan fingerprint density at radius 2 is 1.60 bits per heavy atom. The van der Waals surface area contributed by atoms with Crippen LogP contribution in [-0.2, 0) is 16.0 Å². The topological polar surface area (TPSA) is 76.1 Å². The monoisotopic (exact) mass is 471 g/mol. The van der Waals surface area contributed by atoms with Gasteiger partial charge in [-0.3, -0.25) is 14.5 Å². The summed E-state index contributed by atoms with van der Waals surface area (Å²) >= 11 is 0. The minimum Gasteiger partial charge on any atom is -0.507 e. The Labute approximate surface area is 205 Å². The molecule has 1 aliphatic rings. The quantitative estimate of drug-likeness (QED) is 0.291. The second kappa shape index (κ2) is 9.66. The van der Waals surface area contributed by atoms with Crippen LogP contribution in [0.5, 0.6) is 11.5 Å². The lowest BCUT2D eigenvalue weighted by molar-refractivity contribution is -0.132. The molecule has 1 aliphatic heterocycles. The van der Waals surface area contributed by atoms with Gasteiger partial charge in [-0.1, -0.05) is 37.3 Å². The molecule has 3 aromatic rings. The number of benzene rings is 3. The van der Waals surface area contributed by atoms with Crippen LogP contribution in [0.1, 0.15) is 40.8 Å². The first-order chi connectivity index (χ1) is 16.8. The van der Waals surface area contributed by atoms with E-state index < -0.39 is 17.7 Å². The van der Waals surface area contributed by atoms with Gasteiger partial charge in [0.05, 0.1) is 31.4 Å². The molecule has 0 radical (unpaired) electrons. The number of anilines is 1. The number of ether oxygens (including phenoxy) is 2. The van der Waals surface area contributed by atoms with Crippen molar-refractivity contribution in [2.45, 2.75) is 33.2 Å². The Balaban J connectivity index is 1.97. The first-order valence-corrected chi connectivity index (χ1v) is 11.5. The zero-order valence-electron chi connectivity index (χ0n) is 20.6. The normalized spacial score (nSPS) is 17.1. The summed E-state index contributed by atoms with van der Waals surface area (Å²) in [6, 6.07) is 17.6. The van der Waals surface area contributed by atoms with Gasteiger partial charge in [-0.25, -0.2) is 0 Å². The zero-order valence-corrected chi connectivity index (χ0v) is 20.6. The Kier molecular flexibility index (Phi) is 6.65. The van der Waals surface area contributed by atoms with Crippen LogP contribution in [-0.4, -0.2) is 31.0 Å². The smallest absolute Gasteiger partial charge is 0.300 e. The molecule has 0 saturated carbocycles. The SMILES string of the molecule is CCc1ccc(N2C(=O)C(=O)/C(=C(/O)c3cc(C)cc(C)c3OC)C2c2ccc(OC)cc2)cc1. The standard InChI is InChI=1S/C29H29NO5/c1-6-19-7-11-21(12-8-19)30-25(20-9-13-22(34-4)14-10-20)24(27(32)29(30)33)26(31)23-16-17(2)15-18(3)28(23)35-5/h7-16,25,31H,6H2,1-5H3/b26-24+. The van der Waals surface area contributed by atoms with Crippen molar-refractivity contribution in [3.8, 4) is 11.5 Å². The van der Waals surface area contributed by atoms with Crippen LogP contribution in [0.3, 0.4) is 0 Å². The highest BCUT2D eigenvalue weighted by molar-refractivity contribution is 6.51. The molecule has 1 N–H and O–H groups in total. The van der Waals surface area contributed by atoms with Gasteiger partial charge in [-0.2, -0.15) is 0 Å². The van der Waals surface area contributed by atoms with E-state index >= 15 is 0 Å². The molecule has 180 valence electrons. The third-order valence-electron chi connectivity index (χ3n) is 6.38. The zero-order chi connectivity index (χ0) is 25.3. The lowest BCUT2D eigenvalue weighted by Gasteiger charge is -2.26. The highest BCUT2D eigenvalue weighted by Crippen LogP contribution is 2.44. The molecular formula is C29H29NO5. The number of Topliss-reactive ketones (excluding diaryl/α,β-unsaturated/α-hetero) is 1. The van der Waals surface area contributed by atoms with E-state index in [1.807, 2.05) is 44.2 Å². The van der Waals surface area contributed by atoms with Gasteiger partial charge in [-0.15, -0.1) is 0 Å². The number of hydrogen-bond donors (Lipinski definition) is 1. The summed E-state index contributed by atoms with van der Waals surface area (Å²) in [6.07, 6.45) is 0.855. The molecule has 3 aromatic carbocycles. The molecule has 1 fully saturated rings. The average Bonchev–Trinajstić information content (AvgIpc) is 3.13. The molecule has 0 aromatic heterocycles. The largest absolute Gasteiger partial charge is 0.507 e. The maximum absolute atomic E-state index is 13.4. The van der Waals surface area contributed by atoms with Crippen molar-refractivity contribution >= 4 is 23.1 Å². The molecule has 0 bridgehead atoms. The van der Waals surface area contributed by atoms with Crippen LogP contribution in [0.25, 0.3) is 5.76 Å². The van der Waals surface area contributed by atoms with Crippen molar-refractivity contribution in [3.05, 3.63) is 94.1 Å². The first-order valence-electron chi connectivity index (χ1n) is 11.5. The van der Waals surface area contributed by atoms with Gasteiger partial charge >= 0.3 is 0 Å². The van der Waals surface area contributed by atoms with Crippen LogP contribution in [0.2, 0.25) is 0 Å². The van der Waals surface area contributed by atoms with E-state index in [0.717, 1.165) is 23.1 Å². The van der Waals surface area contributed by atoms with Gasteiger partial charge < -0.3 is 14.6 Å².